The van der Waals surface area contributed by atoms with Gasteiger partial charge in [0.1, 0.15) is 6.04 Å². The maximum atomic E-state index is 13.4. The van der Waals surface area contributed by atoms with Crippen molar-refractivity contribution in [3.05, 3.63) is 71.4 Å². The second-order valence-corrected chi connectivity index (χ2v) is 9.77. The fraction of sp³-hybridized carbons (Fsp3) is 0.464. The van der Waals surface area contributed by atoms with E-state index in [1.807, 2.05) is 13.8 Å². The van der Waals surface area contributed by atoms with E-state index in [1.165, 1.54) is 59.8 Å². The zero-order valence-electron chi connectivity index (χ0n) is 19.2. The maximum absolute atomic E-state index is 13.4. The molecule has 2 aliphatic rings. The molecule has 3 aromatic rings. The Bertz CT molecular complexity index is 1070. The summed E-state index contributed by atoms with van der Waals surface area (Å²) in [5.74, 6) is 0.460. The predicted octanol–water partition coefficient (Wildman–Crippen LogP) is 6.17. The minimum Gasteiger partial charge on any atom is -0.462 e. The number of para-hydroxylation sites is 1. The highest BCUT2D eigenvalue weighted by Gasteiger charge is 2.44. The number of aromatic nitrogens is 1. The molecule has 1 aromatic heterocycles. The summed E-state index contributed by atoms with van der Waals surface area (Å²) in [5, 5.41) is 1.25. The number of ether oxygens (including phenoxy) is 1. The van der Waals surface area contributed by atoms with Crippen LogP contribution in [0.4, 0.5) is 0 Å². The standard InChI is InChI=1S/C28H34N2O2/c1-19(2)32-28(31)25-17-23-22-15-9-10-16-24(22)29-26(23)27(21-13-7-4-8-14-21)30(25)18-20-11-5-3-6-12-20/h3,5-6,9-12,15-16,19,21,25,27,29H,4,7-8,13-14,17-18H2,1-2H3/t25-,27+/m0/s1. The van der Waals surface area contributed by atoms with E-state index in [4.69, 9.17) is 4.74 Å². The van der Waals surface area contributed by atoms with E-state index in [2.05, 4.69) is 64.5 Å². The second kappa shape index (κ2) is 9.11. The molecule has 2 atom stereocenters. The lowest BCUT2D eigenvalue weighted by Gasteiger charge is -2.45. The highest BCUT2D eigenvalue weighted by molar-refractivity contribution is 5.87. The van der Waals surface area contributed by atoms with E-state index in [1.54, 1.807) is 0 Å². The largest absolute Gasteiger partial charge is 0.462 e. The molecule has 5 rings (SSSR count). The molecule has 0 saturated heterocycles. The summed E-state index contributed by atoms with van der Waals surface area (Å²) in [5.41, 5.74) is 5.06. The van der Waals surface area contributed by atoms with Gasteiger partial charge in [-0.15, -0.1) is 0 Å². The number of carbonyl (C=O) groups is 1. The zero-order valence-corrected chi connectivity index (χ0v) is 19.2. The number of esters is 1. The van der Waals surface area contributed by atoms with E-state index < -0.39 is 0 Å². The quantitative estimate of drug-likeness (QED) is 0.493. The van der Waals surface area contributed by atoms with Gasteiger partial charge >= 0.3 is 5.97 Å². The van der Waals surface area contributed by atoms with Crippen molar-refractivity contribution in [2.75, 3.05) is 0 Å². The van der Waals surface area contributed by atoms with Crippen molar-refractivity contribution in [1.82, 2.24) is 9.88 Å². The van der Waals surface area contributed by atoms with Gasteiger partial charge in [0.25, 0.3) is 0 Å². The van der Waals surface area contributed by atoms with Crippen molar-refractivity contribution >= 4 is 16.9 Å². The van der Waals surface area contributed by atoms with Crippen molar-refractivity contribution in [2.45, 2.75) is 77.1 Å². The van der Waals surface area contributed by atoms with E-state index in [9.17, 15) is 4.79 Å². The smallest absolute Gasteiger partial charge is 0.323 e. The first-order chi connectivity index (χ1) is 15.6. The molecule has 0 amide bonds. The number of carbonyl (C=O) groups excluding carboxylic acids is 1. The SMILES string of the molecule is CC(C)OC(=O)[C@@H]1Cc2c([nH]c3ccccc23)[C@@H](C2CCCCC2)N1Cc1ccccc1. The van der Waals surface area contributed by atoms with Gasteiger partial charge in [0, 0.05) is 29.6 Å². The van der Waals surface area contributed by atoms with Gasteiger partial charge in [-0.05, 0) is 49.8 Å². The van der Waals surface area contributed by atoms with Gasteiger partial charge in [0.2, 0.25) is 0 Å². The van der Waals surface area contributed by atoms with Crippen LogP contribution in [0.1, 0.15) is 68.8 Å². The van der Waals surface area contributed by atoms with Crippen molar-refractivity contribution < 1.29 is 9.53 Å². The number of fused-ring (bicyclic) bond motifs is 3. The molecule has 0 radical (unpaired) electrons. The molecule has 0 bridgehead atoms. The molecule has 2 heterocycles. The highest BCUT2D eigenvalue weighted by Crippen LogP contribution is 2.46. The number of hydrogen-bond donors (Lipinski definition) is 1. The predicted molar refractivity (Wildman–Crippen MR) is 128 cm³/mol. The summed E-state index contributed by atoms with van der Waals surface area (Å²) in [4.78, 5) is 19.7. The summed E-state index contributed by atoms with van der Waals surface area (Å²) >= 11 is 0. The van der Waals surface area contributed by atoms with Gasteiger partial charge < -0.3 is 9.72 Å². The Balaban J connectivity index is 1.63. The summed E-state index contributed by atoms with van der Waals surface area (Å²) in [6.45, 7) is 4.64. The summed E-state index contributed by atoms with van der Waals surface area (Å²) in [6, 6.07) is 19.1. The van der Waals surface area contributed by atoms with Gasteiger partial charge in [-0.1, -0.05) is 67.8 Å². The Morgan fingerprint density at radius 2 is 1.75 bits per heavy atom. The number of nitrogens with zero attached hydrogens (tertiary/aromatic N) is 1. The average Bonchev–Trinajstić information content (AvgIpc) is 3.17. The molecule has 1 fully saturated rings. The first-order valence-corrected chi connectivity index (χ1v) is 12.2. The minimum absolute atomic E-state index is 0.0901. The summed E-state index contributed by atoms with van der Waals surface area (Å²) < 4.78 is 5.81. The molecule has 1 aliphatic heterocycles. The molecule has 1 aliphatic carbocycles. The van der Waals surface area contributed by atoms with E-state index in [0.717, 1.165) is 6.54 Å². The molecule has 168 valence electrons. The maximum Gasteiger partial charge on any atom is 0.323 e. The molecule has 0 unspecified atom stereocenters. The van der Waals surface area contributed by atoms with Crippen LogP contribution < -0.4 is 0 Å². The van der Waals surface area contributed by atoms with Gasteiger partial charge in [-0.2, -0.15) is 0 Å². The number of nitrogens with one attached hydrogen (secondary N) is 1. The molecule has 4 heteroatoms. The number of benzene rings is 2. The fourth-order valence-corrected chi connectivity index (χ4v) is 5.85. The van der Waals surface area contributed by atoms with Crippen LogP contribution in [0, 0.1) is 5.92 Å². The zero-order chi connectivity index (χ0) is 22.1. The van der Waals surface area contributed by atoms with Crippen LogP contribution in [0.2, 0.25) is 0 Å². The second-order valence-electron chi connectivity index (χ2n) is 9.77. The third kappa shape index (κ3) is 4.09. The Morgan fingerprint density at radius 3 is 2.50 bits per heavy atom. The van der Waals surface area contributed by atoms with E-state index in [-0.39, 0.29) is 24.2 Å². The molecule has 0 spiro atoms. The van der Waals surface area contributed by atoms with E-state index in [0.29, 0.717) is 12.3 Å². The van der Waals surface area contributed by atoms with E-state index >= 15 is 0 Å². The molecule has 4 nitrogen and oxygen atoms in total. The lowest BCUT2D eigenvalue weighted by atomic mass is 9.77. The monoisotopic (exact) mass is 430 g/mol. The Kier molecular flexibility index (Phi) is 6.05. The van der Waals surface area contributed by atoms with Crippen molar-refractivity contribution in [2.24, 2.45) is 5.92 Å². The first kappa shape index (κ1) is 21.3. The van der Waals surface area contributed by atoms with Crippen molar-refractivity contribution in [3.63, 3.8) is 0 Å². The van der Waals surface area contributed by atoms with Gasteiger partial charge in [0.05, 0.1) is 12.1 Å². The van der Waals surface area contributed by atoms with Crippen molar-refractivity contribution in [1.29, 1.82) is 0 Å². The Labute approximate surface area is 191 Å². The normalized spacial score (nSPS) is 22.2. The van der Waals surface area contributed by atoms with Gasteiger partial charge in [-0.3, -0.25) is 9.69 Å². The van der Waals surface area contributed by atoms with Crippen LogP contribution >= 0.6 is 0 Å². The number of H-pyrrole nitrogens is 1. The third-order valence-electron chi connectivity index (χ3n) is 7.23. The van der Waals surface area contributed by atoms with Crippen LogP contribution in [0.15, 0.2) is 54.6 Å². The Hall–Kier alpha value is -2.59. The molecular formula is C28H34N2O2. The van der Waals surface area contributed by atoms with Crippen LogP contribution in [0.3, 0.4) is 0 Å². The lowest BCUT2D eigenvalue weighted by molar-refractivity contribution is -0.157. The van der Waals surface area contributed by atoms with Gasteiger partial charge in [-0.25, -0.2) is 0 Å². The summed E-state index contributed by atoms with van der Waals surface area (Å²) in [7, 11) is 0. The van der Waals surface area contributed by atoms with Crippen LogP contribution in [-0.4, -0.2) is 28.0 Å². The van der Waals surface area contributed by atoms with Crippen LogP contribution in [0.25, 0.3) is 10.9 Å². The number of hydrogen-bond acceptors (Lipinski definition) is 3. The highest BCUT2D eigenvalue weighted by atomic mass is 16.5. The Morgan fingerprint density at radius 1 is 1.03 bits per heavy atom. The molecule has 32 heavy (non-hydrogen) atoms. The fourth-order valence-electron chi connectivity index (χ4n) is 5.85. The van der Waals surface area contributed by atoms with Crippen molar-refractivity contribution in [3.8, 4) is 0 Å². The third-order valence-corrected chi connectivity index (χ3v) is 7.23. The summed E-state index contributed by atoms with van der Waals surface area (Å²) in [6.07, 6.45) is 6.89. The average molecular weight is 431 g/mol. The van der Waals surface area contributed by atoms with Crippen LogP contribution in [0.5, 0.6) is 0 Å². The molecule has 2 aromatic carbocycles. The first-order valence-electron chi connectivity index (χ1n) is 12.2. The number of aromatic amines is 1. The molecular weight excluding hydrogens is 396 g/mol. The van der Waals surface area contributed by atoms with Gasteiger partial charge in [0.15, 0.2) is 0 Å². The number of rotatable bonds is 5. The topological polar surface area (TPSA) is 45.3 Å². The lowest BCUT2D eigenvalue weighted by Crippen LogP contribution is -2.51. The molecule has 1 N–H and O–H groups in total. The molecule has 1 saturated carbocycles. The minimum atomic E-state index is -0.267. The van der Waals surface area contributed by atoms with Crippen LogP contribution in [-0.2, 0) is 22.5 Å².